The van der Waals surface area contributed by atoms with E-state index < -0.39 is 10.4 Å². The van der Waals surface area contributed by atoms with Gasteiger partial charge in [0.05, 0.1) is 6.07 Å². The van der Waals surface area contributed by atoms with Crippen LogP contribution in [0.3, 0.4) is 0 Å². The number of nitrogens with zero attached hydrogens (tertiary/aromatic N) is 1. The van der Waals surface area contributed by atoms with E-state index in [-0.39, 0.29) is 5.92 Å². The molecule has 0 aliphatic carbocycles. The molecule has 0 bridgehead atoms. The maximum atomic E-state index is 7.89. The molecule has 0 N–H and O–H groups in total. The molecule has 0 saturated heterocycles. The molecule has 0 saturated carbocycles. The Morgan fingerprint density at radius 1 is 1.09 bits per heavy atom. The Labute approximate surface area is 86.6 Å². The molecule has 0 unspecified atom stereocenters. The molecule has 11 heavy (non-hydrogen) atoms. The average Bonchev–Trinajstić information content (AvgIpc) is 1.59. The van der Waals surface area contributed by atoms with Crippen LogP contribution in [-0.2, 0) is 10.4 Å². The zero-order valence-electron chi connectivity index (χ0n) is 5.86. The molecule has 0 radical (unpaired) electrons. The third-order valence-corrected chi connectivity index (χ3v) is 0.258. The van der Waals surface area contributed by atoms with Gasteiger partial charge in [0.2, 0.25) is 0 Å². The van der Waals surface area contributed by atoms with Crippen LogP contribution in [0.5, 0.6) is 0 Å². The zero-order chi connectivity index (χ0) is 9.73. The number of rotatable bonds is 0. The Balaban J connectivity index is 0. The van der Waals surface area contributed by atoms with Gasteiger partial charge in [-0.15, -0.1) is 0 Å². The third-order valence-electron chi connectivity index (χ3n) is 0.258. The molecule has 0 heterocycles. The molecule has 1 nitrogen and oxygen atoms in total. The second kappa shape index (κ2) is 5.42. The molecule has 0 amide bonds. The van der Waals surface area contributed by atoms with Crippen molar-refractivity contribution >= 4 is 45.9 Å². The second-order valence-corrected chi connectivity index (χ2v) is 35.3. The monoisotopic (exact) mass is 337 g/mol. The summed E-state index contributed by atoms with van der Waals surface area (Å²) in [6.45, 7) is 3.72. The second-order valence-electron chi connectivity index (χ2n) is 1.92. The van der Waals surface area contributed by atoms with Gasteiger partial charge in [-0.05, 0) is 13.8 Å². The van der Waals surface area contributed by atoms with E-state index in [2.05, 4.69) is 0 Å². The summed E-state index contributed by atoms with van der Waals surface area (Å²) in [5.74, 6) is 0.190. The van der Waals surface area contributed by atoms with Crippen molar-refractivity contribution in [2.75, 3.05) is 0 Å². The van der Waals surface area contributed by atoms with Crippen molar-refractivity contribution < 1.29 is 10.4 Å². The van der Waals surface area contributed by atoms with E-state index in [4.69, 9.17) is 51.2 Å². The molecular weight excluding hydrogens is 332 g/mol. The fourth-order valence-electron chi connectivity index (χ4n) is 0. The molecule has 0 aromatic heterocycles. The van der Waals surface area contributed by atoms with E-state index in [1.54, 1.807) is 0 Å². The van der Waals surface area contributed by atoms with Crippen molar-refractivity contribution in [2.45, 2.75) is 13.8 Å². The normalized spacial score (nSPS) is 13.9. The molecule has 0 spiro atoms. The van der Waals surface area contributed by atoms with Crippen LogP contribution in [0, 0.1) is 17.2 Å². The summed E-state index contributed by atoms with van der Waals surface area (Å²) in [5.41, 5.74) is 0. The number of hydrogen-bond donors (Lipinski definition) is 0. The summed E-state index contributed by atoms with van der Waals surface area (Å²) in [6, 6.07) is 2.03. The Hall–Kier alpha value is 1.68. The predicted octanol–water partition coefficient (Wildman–Crippen LogP) is 4.61. The summed E-state index contributed by atoms with van der Waals surface area (Å²) in [7, 11) is 20.9. The first-order valence-corrected chi connectivity index (χ1v) is 16.7. The Morgan fingerprint density at radius 2 is 1.18 bits per heavy atom. The quantitative estimate of drug-likeness (QED) is 0.591. The van der Waals surface area contributed by atoms with Crippen LogP contribution in [-0.4, -0.2) is 0 Å². The van der Waals surface area contributed by atoms with Gasteiger partial charge in [0.1, 0.15) is 0 Å². The fraction of sp³-hybridized carbons (Fsp3) is 0.750. The van der Waals surface area contributed by atoms with E-state index in [9.17, 15) is 0 Å². The van der Waals surface area contributed by atoms with Crippen LogP contribution in [0.15, 0.2) is 0 Å². The SMILES string of the molecule is CC(C)C#N.[Cl][Nb]([Cl])([Cl])([Cl])[Cl]. The Kier molecular flexibility index (Phi) is 7.47. The van der Waals surface area contributed by atoms with Crippen LogP contribution in [0.1, 0.15) is 13.8 Å². The summed E-state index contributed by atoms with van der Waals surface area (Å²) >= 11 is 0. The van der Waals surface area contributed by atoms with Crippen molar-refractivity contribution in [1.29, 1.82) is 5.26 Å². The van der Waals surface area contributed by atoms with Crippen molar-refractivity contribution in [2.24, 2.45) is 5.92 Å². The third kappa shape index (κ3) is 80.8. The maximum absolute atomic E-state index is 7.89. The van der Waals surface area contributed by atoms with Gasteiger partial charge in [0, 0.05) is 5.92 Å². The van der Waals surface area contributed by atoms with E-state index >= 15 is 0 Å². The molecular formula is C4H7Cl5NNb. The van der Waals surface area contributed by atoms with Crippen LogP contribution < -0.4 is 0 Å². The van der Waals surface area contributed by atoms with Gasteiger partial charge >= 0.3 is 56.4 Å². The van der Waals surface area contributed by atoms with E-state index in [1.807, 2.05) is 19.9 Å². The van der Waals surface area contributed by atoms with Gasteiger partial charge in [0.15, 0.2) is 0 Å². The molecule has 0 aliphatic heterocycles. The first-order valence-electron chi connectivity index (χ1n) is 2.51. The first-order chi connectivity index (χ1) is 4.51. The zero-order valence-corrected chi connectivity index (χ0v) is 11.8. The standard InChI is InChI=1S/C4H7N.5ClH.Nb/c1-4(2)3-5;;;;;;/h4H,1-2H3;5*1H;/q;;;;;;+5/p-5. The molecule has 0 fully saturated rings. The van der Waals surface area contributed by atoms with Gasteiger partial charge in [-0.2, -0.15) is 5.26 Å². The summed E-state index contributed by atoms with van der Waals surface area (Å²) in [6.07, 6.45) is 0. The topological polar surface area (TPSA) is 23.8 Å². The Bertz CT molecular complexity index is 135. The minimum absolute atomic E-state index is 0.190. The van der Waals surface area contributed by atoms with E-state index in [1.165, 1.54) is 0 Å². The molecule has 7 heteroatoms. The van der Waals surface area contributed by atoms with Crippen LogP contribution in [0.25, 0.3) is 0 Å². The fourth-order valence-corrected chi connectivity index (χ4v) is 0. The van der Waals surface area contributed by atoms with Crippen LogP contribution >= 0.6 is 45.9 Å². The number of nitriles is 1. The molecule has 0 atom stereocenters. The van der Waals surface area contributed by atoms with Gasteiger partial charge < -0.3 is 0 Å². The Morgan fingerprint density at radius 3 is 1.18 bits per heavy atom. The van der Waals surface area contributed by atoms with Gasteiger partial charge in [0.25, 0.3) is 0 Å². The molecule has 68 valence electrons. The predicted molar refractivity (Wildman–Crippen MR) is 49.7 cm³/mol. The van der Waals surface area contributed by atoms with Crippen LogP contribution in [0.2, 0.25) is 0 Å². The van der Waals surface area contributed by atoms with Crippen molar-refractivity contribution in [3.8, 4) is 6.07 Å². The van der Waals surface area contributed by atoms with Crippen molar-refractivity contribution in [1.82, 2.24) is 0 Å². The number of hydrogen-bond acceptors (Lipinski definition) is 1. The van der Waals surface area contributed by atoms with Crippen molar-refractivity contribution in [3.63, 3.8) is 0 Å². The van der Waals surface area contributed by atoms with Gasteiger partial charge in [-0.3, -0.25) is 0 Å². The van der Waals surface area contributed by atoms with Gasteiger partial charge in [-0.1, -0.05) is 0 Å². The molecule has 0 aromatic carbocycles. The molecule has 0 rings (SSSR count). The summed E-state index contributed by atoms with van der Waals surface area (Å²) in [5, 5.41) is 7.89. The molecule has 0 aromatic rings. The summed E-state index contributed by atoms with van der Waals surface area (Å²) in [4.78, 5) is 0. The average molecular weight is 339 g/mol. The van der Waals surface area contributed by atoms with E-state index in [0.29, 0.717) is 0 Å². The van der Waals surface area contributed by atoms with Crippen molar-refractivity contribution in [3.05, 3.63) is 0 Å². The number of halogens is 5. The van der Waals surface area contributed by atoms with Crippen LogP contribution in [0.4, 0.5) is 0 Å². The van der Waals surface area contributed by atoms with Gasteiger partial charge in [-0.25, -0.2) is 0 Å². The summed E-state index contributed by atoms with van der Waals surface area (Å²) < 4.78 is 0. The molecule has 0 aliphatic rings. The first kappa shape index (κ1) is 15.2. The minimum atomic E-state index is -4.33. The van der Waals surface area contributed by atoms with E-state index in [0.717, 1.165) is 0 Å².